The maximum Gasteiger partial charge on any atom is 0.414 e. The standard InChI is InChI=1S/C24H25N3O4.ClH/c28-22-8-5-16-13-18(6-7-20(16)22)25-23(29)14-26-11-9-19(10-12-26)27-21-4-2-1-3-17(21)15-31-24(27)30;/h1-4,6-7,13,19H,5,8-12,14-15H2,(H,25,29);1H. The first-order valence-electron chi connectivity index (χ1n) is 10.8. The molecule has 0 spiro atoms. The van der Waals surface area contributed by atoms with Gasteiger partial charge in [0, 0.05) is 42.4 Å². The van der Waals surface area contributed by atoms with E-state index < -0.39 is 0 Å². The highest BCUT2D eigenvalue weighted by Gasteiger charge is 2.34. The lowest BCUT2D eigenvalue weighted by Crippen LogP contribution is -2.50. The number of halogens is 1. The van der Waals surface area contributed by atoms with Crippen LogP contribution in [0, 0.1) is 0 Å². The predicted molar refractivity (Wildman–Crippen MR) is 124 cm³/mol. The molecule has 0 bridgehead atoms. The van der Waals surface area contributed by atoms with Crippen molar-refractivity contribution in [3.8, 4) is 0 Å². The Hall–Kier alpha value is -2.90. The Kier molecular flexibility index (Phi) is 6.48. The molecule has 168 valence electrons. The largest absolute Gasteiger partial charge is 0.444 e. The molecule has 2 aliphatic heterocycles. The van der Waals surface area contributed by atoms with Crippen LogP contribution in [0.3, 0.4) is 0 Å². The molecule has 0 saturated carbocycles. The quantitative estimate of drug-likeness (QED) is 0.758. The Morgan fingerprint density at radius 2 is 1.81 bits per heavy atom. The van der Waals surface area contributed by atoms with Crippen molar-refractivity contribution in [1.29, 1.82) is 0 Å². The second-order valence-electron chi connectivity index (χ2n) is 8.40. The summed E-state index contributed by atoms with van der Waals surface area (Å²) in [6, 6.07) is 13.4. The van der Waals surface area contributed by atoms with Crippen LogP contribution in [0.2, 0.25) is 0 Å². The first-order valence-corrected chi connectivity index (χ1v) is 10.8. The molecule has 2 heterocycles. The van der Waals surface area contributed by atoms with Crippen molar-refractivity contribution >= 4 is 41.6 Å². The number of hydrogen-bond donors (Lipinski definition) is 1. The van der Waals surface area contributed by atoms with Crippen LogP contribution in [-0.2, 0) is 22.6 Å². The predicted octanol–water partition coefficient (Wildman–Crippen LogP) is 3.80. The number of rotatable bonds is 4. The lowest BCUT2D eigenvalue weighted by molar-refractivity contribution is -0.117. The number of hydrogen-bond acceptors (Lipinski definition) is 5. The summed E-state index contributed by atoms with van der Waals surface area (Å²) in [6.45, 7) is 2.11. The molecule has 1 aliphatic carbocycles. The minimum Gasteiger partial charge on any atom is -0.444 e. The van der Waals surface area contributed by atoms with E-state index in [9.17, 15) is 14.4 Å². The monoisotopic (exact) mass is 455 g/mol. The molecule has 2 aromatic rings. The number of piperidine rings is 1. The molecule has 1 saturated heterocycles. The molecule has 7 nitrogen and oxygen atoms in total. The van der Waals surface area contributed by atoms with Crippen molar-refractivity contribution in [2.24, 2.45) is 0 Å². The number of cyclic esters (lactones) is 1. The number of ether oxygens (including phenoxy) is 1. The van der Waals surface area contributed by atoms with Gasteiger partial charge in [-0.2, -0.15) is 0 Å². The third-order valence-electron chi connectivity index (χ3n) is 6.40. The number of likely N-dealkylation sites (tertiary alicyclic amines) is 1. The number of anilines is 2. The van der Waals surface area contributed by atoms with E-state index in [1.807, 2.05) is 30.3 Å². The zero-order valence-corrected chi connectivity index (χ0v) is 18.5. The number of amides is 2. The van der Waals surface area contributed by atoms with E-state index in [1.165, 1.54) is 0 Å². The minimum atomic E-state index is -0.287. The van der Waals surface area contributed by atoms with E-state index in [0.29, 0.717) is 19.6 Å². The van der Waals surface area contributed by atoms with Gasteiger partial charge in [0.15, 0.2) is 5.78 Å². The number of fused-ring (bicyclic) bond motifs is 2. The number of ketones is 1. The summed E-state index contributed by atoms with van der Waals surface area (Å²) >= 11 is 0. The summed E-state index contributed by atoms with van der Waals surface area (Å²) in [5.41, 5.74) is 4.49. The van der Waals surface area contributed by atoms with Crippen molar-refractivity contribution in [2.75, 3.05) is 29.9 Å². The van der Waals surface area contributed by atoms with Crippen LogP contribution in [-0.4, -0.2) is 48.4 Å². The molecular formula is C24H26ClN3O4. The van der Waals surface area contributed by atoms with Crippen LogP contribution >= 0.6 is 12.4 Å². The van der Waals surface area contributed by atoms with E-state index in [2.05, 4.69) is 10.2 Å². The van der Waals surface area contributed by atoms with Gasteiger partial charge in [0.1, 0.15) is 6.61 Å². The molecule has 0 atom stereocenters. The Labute approximate surface area is 193 Å². The van der Waals surface area contributed by atoms with E-state index in [4.69, 9.17) is 4.74 Å². The molecule has 1 N–H and O–H groups in total. The number of nitrogens with zero attached hydrogens (tertiary/aromatic N) is 2. The van der Waals surface area contributed by atoms with E-state index in [0.717, 1.165) is 60.4 Å². The fourth-order valence-corrected chi connectivity index (χ4v) is 4.79. The zero-order chi connectivity index (χ0) is 21.4. The Balaban J connectivity index is 0.00000245. The Bertz CT molecular complexity index is 1050. The summed E-state index contributed by atoms with van der Waals surface area (Å²) in [5, 5.41) is 2.95. The van der Waals surface area contributed by atoms with Gasteiger partial charge < -0.3 is 10.1 Å². The first kappa shape index (κ1) is 22.3. The molecule has 5 rings (SSSR count). The topological polar surface area (TPSA) is 79.0 Å². The van der Waals surface area contributed by atoms with E-state index >= 15 is 0 Å². The van der Waals surface area contributed by atoms with Crippen molar-refractivity contribution in [1.82, 2.24) is 4.90 Å². The van der Waals surface area contributed by atoms with Gasteiger partial charge in [0.05, 0.1) is 12.2 Å². The molecule has 0 unspecified atom stereocenters. The molecule has 2 aromatic carbocycles. The zero-order valence-electron chi connectivity index (χ0n) is 17.7. The van der Waals surface area contributed by atoms with E-state index in [1.54, 1.807) is 17.0 Å². The molecule has 1 fully saturated rings. The summed E-state index contributed by atoms with van der Waals surface area (Å²) in [6.07, 6.45) is 2.59. The van der Waals surface area contributed by atoms with Crippen LogP contribution in [0.1, 0.15) is 40.7 Å². The average molecular weight is 456 g/mol. The Morgan fingerprint density at radius 3 is 2.62 bits per heavy atom. The van der Waals surface area contributed by atoms with Crippen LogP contribution in [0.5, 0.6) is 0 Å². The highest BCUT2D eigenvalue weighted by atomic mass is 35.5. The number of benzene rings is 2. The van der Waals surface area contributed by atoms with Crippen molar-refractivity contribution in [2.45, 2.75) is 38.3 Å². The van der Waals surface area contributed by atoms with Gasteiger partial charge in [-0.3, -0.25) is 19.4 Å². The lowest BCUT2D eigenvalue weighted by Gasteiger charge is -2.40. The number of Topliss-reactive ketones (excluding diaryl/α,β-unsaturated/α-hetero) is 1. The van der Waals surface area contributed by atoms with Gasteiger partial charge >= 0.3 is 6.09 Å². The SMILES string of the molecule is Cl.O=C(CN1CCC(N2C(=O)OCc3ccccc32)CC1)Nc1ccc2c(c1)CCC2=O. The molecule has 8 heteroatoms. The third kappa shape index (κ3) is 4.36. The second kappa shape index (κ2) is 9.30. The number of nitrogens with one attached hydrogen (secondary N) is 1. The summed E-state index contributed by atoms with van der Waals surface area (Å²) in [4.78, 5) is 40.6. The number of para-hydroxylation sites is 1. The van der Waals surface area contributed by atoms with Gasteiger partial charge in [-0.05, 0) is 49.1 Å². The molecule has 0 aromatic heterocycles. The van der Waals surface area contributed by atoms with Crippen LogP contribution in [0.4, 0.5) is 16.2 Å². The highest BCUT2D eigenvalue weighted by molar-refractivity contribution is 6.01. The lowest BCUT2D eigenvalue weighted by atomic mass is 10.0. The fraction of sp³-hybridized carbons (Fsp3) is 0.375. The van der Waals surface area contributed by atoms with Gasteiger partial charge in [-0.15, -0.1) is 12.4 Å². The fourth-order valence-electron chi connectivity index (χ4n) is 4.79. The molecule has 32 heavy (non-hydrogen) atoms. The van der Waals surface area contributed by atoms with Gasteiger partial charge in [0.25, 0.3) is 0 Å². The van der Waals surface area contributed by atoms with Crippen molar-refractivity contribution < 1.29 is 19.1 Å². The normalized spacial score (nSPS) is 18.4. The molecule has 2 amide bonds. The molecule has 3 aliphatic rings. The number of carbonyl (C=O) groups excluding carboxylic acids is 3. The van der Waals surface area contributed by atoms with Gasteiger partial charge in [-0.1, -0.05) is 18.2 Å². The minimum absolute atomic E-state index is 0. The second-order valence-corrected chi connectivity index (χ2v) is 8.40. The number of aryl methyl sites for hydroxylation is 1. The molecular weight excluding hydrogens is 430 g/mol. The smallest absolute Gasteiger partial charge is 0.414 e. The summed E-state index contributed by atoms with van der Waals surface area (Å²) < 4.78 is 5.35. The van der Waals surface area contributed by atoms with Crippen LogP contribution in [0.15, 0.2) is 42.5 Å². The van der Waals surface area contributed by atoms with Gasteiger partial charge in [-0.25, -0.2) is 4.79 Å². The van der Waals surface area contributed by atoms with Crippen LogP contribution in [0.25, 0.3) is 0 Å². The first-order chi connectivity index (χ1) is 15.1. The van der Waals surface area contributed by atoms with E-state index in [-0.39, 0.29) is 36.2 Å². The number of carbonyl (C=O) groups is 3. The highest BCUT2D eigenvalue weighted by Crippen LogP contribution is 2.32. The van der Waals surface area contributed by atoms with Crippen molar-refractivity contribution in [3.05, 3.63) is 59.2 Å². The van der Waals surface area contributed by atoms with Crippen LogP contribution < -0.4 is 10.2 Å². The third-order valence-corrected chi connectivity index (χ3v) is 6.40. The average Bonchev–Trinajstić information content (AvgIpc) is 3.14. The Morgan fingerprint density at radius 1 is 1.03 bits per heavy atom. The summed E-state index contributed by atoms with van der Waals surface area (Å²) in [7, 11) is 0. The van der Waals surface area contributed by atoms with Gasteiger partial charge in [0.2, 0.25) is 5.91 Å². The molecule has 0 radical (unpaired) electrons. The van der Waals surface area contributed by atoms with Crippen molar-refractivity contribution in [3.63, 3.8) is 0 Å². The maximum absolute atomic E-state index is 12.5. The summed E-state index contributed by atoms with van der Waals surface area (Å²) in [5.74, 6) is 0.112. The maximum atomic E-state index is 12.5.